The van der Waals surface area contributed by atoms with Gasteiger partial charge in [-0.05, 0) is 18.6 Å². The van der Waals surface area contributed by atoms with E-state index in [-0.39, 0.29) is 6.10 Å². The summed E-state index contributed by atoms with van der Waals surface area (Å²) < 4.78 is 2.00. The number of rotatable bonds is 6. The third kappa shape index (κ3) is 3.89. The summed E-state index contributed by atoms with van der Waals surface area (Å²) in [7, 11) is 1.98. The summed E-state index contributed by atoms with van der Waals surface area (Å²) in [4.78, 5) is 5.45. The Morgan fingerprint density at radius 2 is 2.11 bits per heavy atom. The second kappa shape index (κ2) is 6.61. The summed E-state index contributed by atoms with van der Waals surface area (Å²) in [6.07, 6.45) is 5.01. The van der Waals surface area contributed by atoms with E-state index >= 15 is 0 Å². The Bertz CT molecular complexity index is 470. The van der Waals surface area contributed by atoms with Crippen LogP contribution in [0.5, 0.6) is 0 Å². The normalized spacial score (nSPS) is 12.6. The molecule has 18 heavy (non-hydrogen) atoms. The number of thioether (sulfide) groups is 1. The van der Waals surface area contributed by atoms with Crippen LogP contribution in [0.4, 0.5) is 0 Å². The Labute approximate surface area is 112 Å². The Balaban J connectivity index is 1.73. The lowest BCUT2D eigenvalue weighted by molar-refractivity contribution is 0.188. The van der Waals surface area contributed by atoms with Crippen molar-refractivity contribution in [2.45, 2.75) is 23.8 Å². The fraction of sp³-hybridized carbons (Fsp3) is 0.357. The van der Waals surface area contributed by atoms with Crippen LogP contribution in [0.2, 0.25) is 0 Å². The SMILES string of the molecule is Cn1ccnc1CCC(O)CSc1ccccc1. The molecule has 0 saturated heterocycles. The van der Waals surface area contributed by atoms with E-state index in [9.17, 15) is 5.11 Å². The van der Waals surface area contributed by atoms with Crippen LogP contribution in [0.25, 0.3) is 0 Å². The van der Waals surface area contributed by atoms with Crippen molar-refractivity contribution in [1.29, 1.82) is 0 Å². The first kappa shape index (κ1) is 13.2. The highest BCUT2D eigenvalue weighted by Gasteiger charge is 2.07. The Hall–Kier alpha value is -1.26. The van der Waals surface area contributed by atoms with Crippen molar-refractivity contribution in [3.8, 4) is 0 Å². The van der Waals surface area contributed by atoms with Gasteiger partial charge in [0.15, 0.2) is 0 Å². The molecule has 1 unspecified atom stereocenters. The molecule has 0 fully saturated rings. The zero-order valence-corrected chi connectivity index (χ0v) is 11.3. The molecule has 2 aromatic rings. The van der Waals surface area contributed by atoms with Crippen LogP contribution in [0.3, 0.4) is 0 Å². The highest BCUT2D eigenvalue weighted by Crippen LogP contribution is 2.19. The fourth-order valence-electron chi connectivity index (χ4n) is 1.73. The van der Waals surface area contributed by atoms with E-state index in [4.69, 9.17) is 0 Å². The first-order valence-corrected chi connectivity index (χ1v) is 7.06. The smallest absolute Gasteiger partial charge is 0.108 e. The third-order valence-corrected chi connectivity index (χ3v) is 3.96. The van der Waals surface area contributed by atoms with Gasteiger partial charge in [-0.1, -0.05) is 18.2 Å². The lowest BCUT2D eigenvalue weighted by Gasteiger charge is -2.10. The second-order valence-electron chi connectivity index (χ2n) is 4.27. The number of imidazole rings is 1. The standard InChI is InChI=1S/C14H18N2OS/c1-16-10-9-15-14(16)8-7-12(17)11-18-13-5-3-2-4-6-13/h2-6,9-10,12,17H,7-8,11H2,1H3. The van der Waals surface area contributed by atoms with Gasteiger partial charge in [-0.15, -0.1) is 11.8 Å². The number of hydrogen-bond acceptors (Lipinski definition) is 3. The number of aryl methyl sites for hydroxylation is 2. The van der Waals surface area contributed by atoms with Gasteiger partial charge in [-0.25, -0.2) is 4.98 Å². The Morgan fingerprint density at radius 1 is 1.33 bits per heavy atom. The van der Waals surface area contributed by atoms with Crippen LogP contribution in [0.1, 0.15) is 12.2 Å². The molecular weight excluding hydrogens is 244 g/mol. The van der Waals surface area contributed by atoms with Crippen molar-refractivity contribution in [2.75, 3.05) is 5.75 Å². The highest BCUT2D eigenvalue weighted by atomic mass is 32.2. The molecule has 4 heteroatoms. The summed E-state index contributed by atoms with van der Waals surface area (Å²) in [5.41, 5.74) is 0. The number of hydrogen-bond donors (Lipinski definition) is 1. The van der Waals surface area contributed by atoms with Gasteiger partial charge in [0.05, 0.1) is 6.10 Å². The van der Waals surface area contributed by atoms with Crippen molar-refractivity contribution < 1.29 is 5.11 Å². The molecule has 0 radical (unpaired) electrons. The molecule has 0 spiro atoms. The van der Waals surface area contributed by atoms with Gasteiger partial charge >= 0.3 is 0 Å². The molecule has 1 aromatic heterocycles. The largest absolute Gasteiger partial charge is 0.392 e. The van der Waals surface area contributed by atoms with Crippen molar-refractivity contribution >= 4 is 11.8 Å². The highest BCUT2D eigenvalue weighted by molar-refractivity contribution is 7.99. The molecule has 1 N–H and O–H groups in total. The molecular formula is C14H18N2OS. The van der Waals surface area contributed by atoms with Gasteiger partial charge < -0.3 is 9.67 Å². The van der Waals surface area contributed by atoms with Gasteiger partial charge in [0.25, 0.3) is 0 Å². The van der Waals surface area contributed by atoms with Crippen LogP contribution in [-0.2, 0) is 13.5 Å². The number of nitrogens with zero attached hydrogens (tertiary/aromatic N) is 2. The minimum atomic E-state index is -0.285. The van der Waals surface area contributed by atoms with Crippen LogP contribution >= 0.6 is 11.8 Å². The Kier molecular flexibility index (Phi) is 4.84. The molecule has 0 aliphatic carbocycles. The molecule has 0 amide bonds. The lowest BCUT2D eigenvalue weighted by atomic mass is 10.2. The van der Waals surface area contributed by atoms with Crippen LogP contribution in [-0.4, -0.2) is 26.5 Å². The minimum absolute atomic E-state index is 0.285. The zero-order valence-electron chi connectivity index (χ0n) is 10.5. The molecule has 2 rings (SSSR count). The van der Waals surface area contributed by atoms with Crippen molar-refractivity contribution in [3.05, 3.63) is 48.5 Å². The molecule has 0 aliphatic rings. The Morgan fingerprint density at radius 3 is 2.78 bits per heavy atom. The van der Waals surface area contributed by atoms with E-state index in [2.05, 4.69) is 17.1 Å². The predicted molar refractivity (Wildman–Crippen MR) is 74.7 cm³/mol. The van der Waals surface area contributed by atoms with Crippen LogP contribution in [0.15, 0.2) is 47.6 Å². The molecule has 1 atom stereocenters. The molecule has 0 aliphatic heterocycles. The van der Waals surface area contributed by atoms with Gasteiger partial charge in [0.1, 0.15) is 5.82 Å². The molecule has 1 heterocycles. The number of aromatic nitrogens is 2. The van der Waals surface area contributed by atoms with Crippen LogP contribution < -0.4 is 0 Å². The van der Waals surface area contributed by atoms with E-state index in [1.807, 2.05) is 36.0 Å². The molecule has 1 aromatic carbocycles. The lowest BCUT2D eigenvalue weighted by Crippen LogP contribution is -2.12. The third-order valence-electron chi connectivity index (χ3n) is 2.81. The molecule has 96 valence electrons. The van der Waals surface area contributed by atoms with Gasteiger partial charge in [-0.3, -0.25) is 0 Å². The van der Waals surface area contributed by atoms with E-state index in [1.54, 1.807) is 18.0 Å². The van der Waals surface area contributed by atoms with Crippen molar-refractivity contribution in [1.82, 2.24) is 9.55 Å². The minimum Gasteiger partial charge on any atom is -0.392 e. The van der Waals surface area contributed by atoms with Crippen LogP contribution in [0, 0.1) is 0 Å². The average molecular weight is 262 g/mol. The summed E-state index contributed by atoms with van der Waals surface area (Å²) in [5, 5.41) is 9.94. The van der Waals surface area contributed by atoms with E-state index < -0.39 is 0 Å². The fourth-order valence-corrected chi connectivity index (χ4v) is 2.63. The molecule has 0 saturated carbocycles. The van der Waals surface area contributed by atoms with Gasteiger partial charge in [0.2, 0.25) is 0 Å². The quantitative estimate of drug-likeness (QED) is 0.813. The van der Waals surface area contributed by atoms with Crippen molar-refractivity contribution in [3.63, 3.8) is 0 Å². The van der Waals surface area contributed by atoms with Gasteiger partial charge in [-0.2, -0.15) is 0 Å². The zero-order chi connectivity index (χ0) is 12.8. The molecule has 0 bridgehead atoms. The average Bonchev–Trinajstić information content (AvgIpc) is 2.81. The van der Waals surface area contributed by atoms with Gasteiger partial charge in [0, 0.05) is 36.5 Å². The van der Waals surface area contributed by atoms with E-state index in [1.165, 1.54) is 4.90 Å². The number of aliphatic hydroxyl groups is 1. The monoisotopic (exact) mass is 262 g/mol. The summed E-state index contributed by atoms with van der Waals surface area (Å²) in [6.45, 7) is 0. The summed E-state index contributed by atoms with van der Waals surface area (Å²) in [6, 6.07) is 10.2. The topological polar surface area (TPSA) is 38.0 Å². The summed E-state index contributed by atoms with van der Waals surface area (Å²) in [5.74, 6) is 1.76. The first-order valence-electron chi connectivity index (χ1n) is 6.08. The number of aliphatic hydroxyl groups excluding tert-OH is 1. The van der Waals surface area contributed by atoms with Crippen molar-refractivity contribution in [2.24, 2.45) is 7.05 Å². The van der Waals surface area contributed by atoms with E-state index in [0.717, 1.165) is 24.4 Å². The maximum atomic E-state index is 9.94. The number of benzene rings is 1. The summed E-state index contributed by atoms with van der Waals surface area (Å²) >= 11 is 1.69. The predicted octanol–water partition coefficient (Wildman–Crippen LogP) is 2.51. The second-order valence-corrected chi connectivity index (χ2v) is 5.36. The maximum absolute atomic E-state index is 9.94. The first-order chi connectivity index (χ1) is 8.75. The molecule has 3 nitrogen and oxygen atoms in total. The van der Waals surface area contributed by atoms with E-state index in [0.29, 0.717) is 0 Å². The maximum Gasteiger partial charge on any atom is 0.108 e.